The molecule has 1 aromatic rings. The fraction of sp³-hybridized carbons (Fsp3) is 0.100. The van der Waals surface area contributed by atoms with Gasteiger partial charge >= 0.3 is 5.97 Å². The topological polar surface area (TPSA) is 85.5 Å². The van der Waals surface area contributed by atoms with Crippen molar-refractivity contribution in [3.05, 3.63) is 28.2 Å². The molecule has 0 saturated heterocycles. The fourth-order valence-electron chi connectivity index (χ4n) is 1.08. The van der Waals surface area contributed by atoms with Gasteiger partial charge in [0.15, 0.2) is 11.4 Å². The van der Waals surface area contributed by atoms with Gasteiger partial charge in [0, 0.05) is 4.47 Å². The van der Waals surface area contributed by atoms with E-state index in [4.69, 9.17) is 10.4 Å². The van der Waals surface area contributed by atoms with Gasteiger partial charge in [-0.2, -0.15) is 5.26 Å². The van der Waals surface area contributed by atoms with E-state index in [1.54, 1.807) is 24.6 Å². The van der Waals surface area contributed by atoms with Crippen LogP contribution in [0.25, 0.3) is 0 Å². The number of aliphatic imine (C=N–C) groups is 1. The first-order valence-electron chi connectivity index (χ1n) is 4.39. The van der Waals surface area contributed by atoms with E-state index in [-0.39, 0.29) is 11.3 Å². The van der Waals surface area contributed by atoms with E-state index in [2.05, 4.69) is 26.2 Å². The zero-order valence-corrected chi connectivity index (χ0v) is 11.2. The van der Waals surface area contributed by atoms with Crippen molar-refractivity contribution in [1.82, 2.24) is 5.32 Å². The molecule has 0 aliphatic heterocycles. The van der Waals surface area contributed by atoms with Crippen LogP contribution in [0.2, 0.25) is 0 Å². The quantitative estimate of drug-likeness (QED) is 0.379. The average molecular weight is 314 g/mol. The van der Waals surface area contributed by atoms with Gasteiger partial charge in [-0.15, -0.1) is 0 Å². The van der Waals surface area contributed by atoms with Gasteiger partial charge in [-0.1, -0.05) is 17.8 Å². The largest absolute Gasteiger partial charge is 0.478 e. The lowest BCUT2D eigenvalue weighted by atomic mass is 10.2. The summed E-state index contributed by atoms with van der Waals surface area (Å²) in [5.74, 6) is -1.07. The highest BCUT2D eigenvalue weighted by Crippen LogP contribution is 2.30. The van der Waals surface area contributed by atoms with Crippen LogP contribution in [0.3, 0.4) is 0 Å². The molecule has 0 atom stereocenters. The summed E-state index contributed by atoms with van der Waals surface area (Å²) < 4.78 is 0.559. The van der Waals surface area contributed by atoms with Gasteiger partial charge in [-0.05, 0) is 34.3 Å². The SMILES string of the molecule is CSC(=Nc1c(Br)cccc1C(=O)O)NC#N. The molecule has 7 heteroatoms. The number of hydrogen-bond donors (Lipinski definition) is 2. The van der Waals surface area contributed by atoms with Crippen LogP contribution in [-0.2, 0) is 0 Å². The van der Waals surface area contributed by atoms with Crippen LogP contribution >= 0.6 is 27.7 Å². The van der Waals surface area contributed by atoms with Gasteiger partial charge in [0.05, 0.1) is 11.3 Å². The second-order valence-electron chi connectivity index (χ2n) is 2.80. The lowest BCUT2D eigenvalue weighted by Gasteiger charge is -2.05. The van der Waals surface area contributed by atoms with E-state index in [1.165, 1.54) is 17.8 Å². The van der Waals surface area contributed by atoms with Gasteiger partial charge < -0.3 is 5.11 Å². The Morgan fingerprint density at radius 3 is 2.88 bits per heavy atom. The number of thioether (sulfide) groups is 1. The second-order valence-corrected chi connectivity index (χ2v) is 4.45. The molecule has 2 N–H and O–H groups in total. The number of carbonyl (C=O) groups is 1. The third-order valence-electron chi connectivity index (χ3n) is 1.79. The molecule has 17 heavy (non-hydrogen) atoms. The van der Waals surface area contributed by atoms with E-state index in [0.29, 0.717) is 9.64 Å². The number of aromatic carboxylic acids is 1. The Kier molecular flexibility index (Phi) is 5.00. The Labute approximate surface area is 111 Å². The molecule has 0 unspecified atom stereocenters. The summed E-state index contributed by atoms with van der Waals surface area (Å²) in [5.41, 5.74) is 0.359. The molecule has 0 heterocycles. The third kappa shape index (κ3) is 3.47. The average Bonchev–Trinajstić information content (AvgIpc) is 2.30. The van der Waals surface area contributed by atoms with E-state index in [9.17, 15) is 4.79 Å². The number of benzene rings is 1. The predicted octanol–water partition coefficient (Wildman–Crippen LogP) is 2.57. The maximum atomic E-state index is 11.0. The number of nitrogens with zero attached hydrogens (tertiary/aromatic N) is 2. The number of hydrogen-bond acceptors (Lipinski definition) is 4. The highest BCUT2D eigenvalue weighted by atomic mass is 79.9. The number of para-hydroxylation sites is 1. The second kappa shape index (κ2) is 6.27. The lowest BCUT2D eigenvalue weighted by Crippen LogP contribution is -2.13. The summed E-state index contributed by atoms with van der Waals surface area (Å²) in [6.45, 7) is 0. The van der Waals surface area contributed by atoms with Crippen molar-refractivity contribution in [3.63, 3.8) is 0 Å². The molecule has 0 saturated carbocycles. The van der Waals surface area contributed by atoms with Crippen LogP contribution < -0.4 is 5.32 Å². The normalized spacial score (nSPS) is 10.8. The van der Waals surface area contributed by atoms with Crippen molar-refractivity contribution < 1.29 is 9.90 Å². The maximum Gasteiger partial charge on any atom is 0.337 e. The number of halogens is 1. The number of rotatable bonds is 2. The fourth-order valence-corrected chi connectivity index (χ4v) is 1.86. The summed E-state index contributed by atoms with van der Waals surface area (Å²) in [4.78, 5) is 15.1. The Hall–Kier alpha value is -1.52. The lowest BCUT2D eigenvalue weighted by molar-refractivity contribution is 0.0698. The van der Waals surface area contributed by atoms with Gasteiger partial charge in [-0.3, -0.25) is 5.32 Å². The first-order chi connectivity index (χ1) is 8.10. The molecule has 1 rings (SSSR count). The number of nitrogens with one attached hydrogen (secondary N) is 1. The molecule has 0 aliphatic rings. The van der Waals surface area contributed by atoms with Crippen molar-refractivity contribution in [3.8, 4) is 6.19 Å². The number of amidine groups is 1. The van der Waals surface area contributed by atoms with E-state index in [1.807, 2.05) is 0 Å². The Morgan fingerprint density at radius 1 is 1.65 bits per heavy atom. The summed E-state index contributed by atoms with van der Waals surface area (Å²) in [7, 11) is 0. The van der Waals surface area contributed by atoms with Crippen molar-refractivity contribution >= 4 is 44.5 Å². The molecule has 0 amide bonds. The van der Waals surface area contributed by atoms with Crippen LogP contribution in [0.15, 0.2) is 27.7 Å². The van der Waals surface area contributed by atoms with Crippen molar-refractivity contribution in [2.45, 2.75) is 0 Å². The molecule has 0 fully saturated rings. The van der Waals surface area contributed by atoms with E-state index >= 15 is 0 Å². The first-order valence-corrected chi connectivity index (χ1v) is 6.41. The summed E-state index contributed by atoms with van der Waals surface area (Å²) in [5, 5.41) is 20.2. The Bertz CT molecular complexity index is 511. The Morgan fingerprint density at radius 2 is 2.35 bits per heavy atom. The van der Waals surface area contributed by atoms with Crippen LogP contribution in [0, 0.1) is 11.5 Å². The van der Waals surface area contributed by atoms with Crippen LogP contribution in [0.4, 0.5) is 5.69 Å². The minimum absolute atomic E-state index is 0.0747. The smallest absolute Gasteiger partial charge is 0.337 e. The van der Waals surface area contributed by atoms with Gasteiger partial charge in [0.1, 0.15) is 0 Å². The number of carboxylic acids is 1. The molecule has 1 aromatic carbocycles. The number of nitriles is 1. The molecule has 5 nitrogen and oxygen atoms in total. The van der Waals surface area contributed by atoms with Crippen molar-refractivity contribution in [2.24, 2.45) is 4.99 Å². The molecule has 0 aliphatic carbocycles. The maximum absolute atomic E-state index is 11.0. The van der Waals surface area contributed by atoms with Crippen molar-refractivity contribution in [2.75, 3.05) is 6.26 Å². The first kappa shape index (κ1) is 13.5. The molecule has 0 bridgehead atoms. The standard InChI is InChI=1S/C10H8BrN3O2S/c1-17-10(13-5-12)14-8-6(9(15)16)3-2-4-7(8)11/h2-4H,1H3,(H,13,14)(H,15,16). The minimum atomic E-state index is -1.07. The highest BCUT2D eigenvalue weighted by Gasteiger charge is 2.12. The van der Waals surface area contributed by atoms with Crippen LogP contribution in [0.5, 0.6) is 0 Å². The highest BCUT2D eigenvalue weighted by molar-refractivity contribution is 9.10. The van der Waals surface area contributed by atoms with Crippen LogP contribution in [-0.4, -0.2) is 22.5 Å². The molecule has 0 radical (unpaired) electrons. The molecule has 0 spiro atoms. The molecule has 88 valence electrons. The Balaban J connectivity index is 3.30. The minimum Gasteiger partial charge on any atom is -0.478 e. The summed E-state index contributed by atoms with van der Waals surface area (Å²) in [6.07, 6.45) is 3.48. The number of carboxylic acid groups (broad SMARTS) is 1. The van der Waals surface area contributed by atoms with Crippen molar-refractivity contribution in [1.29, 1.82) is 5.26 Å². The van der Waals surface area contributed by atoms with Gasteiger partial charge in [0.25, 0.3) is 0 Å². The van der Waals surface area contributed by atoms with Crippen LogP contribution in [0.1, 0.15) is 10.4 Å². The van der Waals surface area contributed by atoms with E-state index in [0.717, 1.165) is 0 Å². The molecular weight excluding hydrogens is 306 g/mol. The van der Waals surface area contributed by atoms with Gasteiger partial charge in [-0.25, -0.2) is 9.79 Å². The van der Waals surface area contributed by atoms with Gasteiger partial charge in [0.2, 0.25) is 0 Å². The summed E-state index contributed by atoms with van der Waals surface area (Å²) in [6, 6.07) is 4.76. The molecular formula is C10H8BrN3O2S. The zero-order chi connectivity index (χ0) is 12.8. The molecule has 0 aromatic heterocycles. The summed E-state index contributed by atoms with van der Waals surface area (Å²) >= 11 is 4.45. The predicted molar refractivity (Wildman–Crippen MR) is 70.5 cm³/mol. The third-order valence-corrected chi connectivity index (χ3v) is 3.01. The monoisotopic (exact) mass is 313 g/mol. The zero-order valence-electron chi connectivity index (χ0n) is 8.77. The van der Waals surface area contributed by atoms with E-state index < -0.39 is 5.97 Å².